The number of ether oxygens (including phenoxy) is 1. The zero-order chi connectivity index (χ0) is 23.5. The normalized spacial score (nSPS) is 11.3. The van der Waals surface area contributed by atoms with Crippen molar-refractivity contribution in [1.82, 2.24) is 45.1 Å². The standard InChI is InChI=1S/C21H17F2N9O2/c1-31-17(11-33-18-6-5-15(8-24-18)19(22)23)16(9-26-31)21-28-20(29-34-21)14-4-2-3-13(7-14)10-32-27-12-25-30-32/h2-9,12,19H,10-11H2,1H3. The predicted molar refractivity (Wildman–Crippen MR) is 112 cm³/mol. The van der Waals surface area contributed by atoms with Crippen LogP contribution in [0.4, 0.5) is 8.78 Å². The number of benzene rings is 1. The van der Waals surface area contributed by atoms with Gasteiger partial charge in [-0.1, -0.05) is 23.4 Å². The highest BCUT2D eigenvalue weighted by atomic mass is 19.3. The van der Waals surface area contributed by atoms with E-state index in [1.165, 1.54) is 23.3 Å². The van der Waals surface area contributed by atoms with E-state index in [1.54, 1.807) is 17.9 Å². The van der Waals surface area contributed by atoms with E-state index in [9.17, 15) is 8.78 Å². The number of rotatable bonds is 8. The maximum atomic E-state index is 12.7. The van der Waals surface area contributed by atoms with Crippen molar-refractivity contribution in [2.75, 3.05) is 0 Å². The Hall–Kier alpha value is -4.55. The second kappa shape index (κ2) is 9.13. The minimum absolute atomic E-state index is 0.0744. The monoisotopic (exact) mass is 465 g/mol. The van der Waals surface area contributed by atoms with Gasteiger partial charge < -0.3 is 9.26 Å². The summed E-state index contributed by atoms with van der Waals surface area (Å²) in [5.41, 5.74) is 2.78. The SMILES string of the molecule is Cn1ncc(-c2nc(-c3cccc(Cn4ncnn4)c3)no2)c1COc1ccc(C(F)F)cn1. The van der Waals surface area contributed by atoms with Crippen LogP contribution in [-0.4, -0.2) is 45.1 Å². The van der Waals surface area contributed by atoms with Crippen LogP contribution in [-0.2, 0) is 20.2 Å². The summed E-state index contributed by atoms with van der Waals surface area (Å²) in [5, 5.41) is 19.9. The van der Waals surface area contributed by atoms with Crippen molar-refractivity contribution in [1.29, 1.82) is 0 Å². The molecule has 0 unspecified atom stereocenters. The highest BCUT2D eigenvalue weighted by molar-refractivity contribution is 5.61. The summed E-state index contributed by atoms with van der Waals surface area (Å²) >= 11 is 0. The van der Waals surface area contributed by atoms with Crippen LogP contribution in [0, 0.1) is 0 Å². The van der Waals surface area contributed by atoms with E-state index >= 15 is 0 Å². The van der Waals surface area contributed by atoms with Crippen molar-refractivity contribution in [3.63, 3.8) is 0 Å². The van der Waals surface area contributed by atoms with Crippen molar-refractivity contribution in [2.45, 2.75) is 19.6 Å². The van der Waals surface area contributed by atoms with Crippen LogP contribution in [0.1, 0.15) is 23.2 Å². The molecule has 0 radical (unpaired) electrons. The van der Waals surface area contributed by atoms with E-state index < -0.39 is 6.43 Å². The molecule has 0 aliphatic heterocycles. The molecule has 1 aromatic carbocycles. The van der Waals surface area contributed by atoms with E-state index in [-0.39, 0.29) is 23.9 Å². The molecule has 13 heteroatoms. The van der Waals surface area contributed by atoms with Gasteiger partial charge in [-0.2, -0.15) is 14.9 Å². The number of pyridine rings is 1. The summed E-state index contributed by atoms with van der Waals surface area (Å²) in [5.74, 6) is 0.885. The molecule has 5 rings (SSSR count). The summed E-state index contributed by atoms with van der Waals surface area (Å²) in [4.78, 5) is 9.90. The fourth-order valence-electron chi connectivity index (χ4n) is 3.24. The summed E-state index contributed by atoms with van der Waals surface area (Å²) in [6, 6.07) is 10.3. The van der Waals surface area contributed by atoms with E-state index in [2.05, 4.69) is 35.6 Å². The molecule has 0 bridgehead atoms. The molecule has 172 valence electrons. The van der Waals surface area contributed by atoms with Crippen LogP contribution in [0.5, 0.6) is 5.88 Å². The van der Waals surface area contributed by atoms with Crippen LogP contribution < -0.4 is 4.74 Å². The number of aryl methyl sites for hydroxylation is 1. The lowest BCUT2D eigenvalue weighted by Gasteiger charge is -2.07. The van der Waals surface area contributed by atoms with Crippen LogP contribution in [0.2, 0.25) is 0 Å². The highest BCUT2D eigenvalue weighted by Gasteiger charge is 2.19. The molecule has 0 amide bonds. The van der Waals surface area contributed by atoms with Crippen molar-refractivity contribution >= 4 is 0 Å². The molecule has 0 aliphatic rings. The van der Waals surface area contributed by atoms with Gasteiger partial charge in [0.15, 0.2) is 6.33 Å². The molecule has 11 nitrogen and oxygen atoms in total. The Kier molecular flexibility index (Phi) is 5.72. The molecule has 4 heterocycles. The quantitative estimate of drug-likeness (QED) is 0.340. The number of nitrogens with zero attached hydrogens (tertiary/aromatic N) is 9. The van der Waals surface area contributed by atoms with Gasteiger partial charge in [0.1, 0.15) is 6.61 Å². The van der Waals surface area contributed by atoms with Crippen molar-refractivity contribution in [3.8, 4) is 28.7 Å². The Bertz CT molecular complexity index is 1380. The Morgan fingerprint density at radius 2 is 2.03 bits per heavy atom. The third kappa shape index (κ3) is 4.48. The fraction of sp³-hybridized carbons (Fsp3) is 0.190. The summed E-state index contributed by atoms with van der Waals surface area (Å²) in [6.07, 6.45) is 1.47. The van der Waals surface area contributed by atoms with Gasteiger partial charge in [0.25, 0.3) is 12.3 Å². The van der Waals surface area contributed by atoms with Crippen molar-refractivity contribution in [2.24, 2.45) is 7.05 Å². The smallest absolute Gasteiger partial charge is 0.265 e. The first-order chi connectivity index (χ1) is 16.6. The Balaban J connectivity index is 1.34. The number of hydrogen-bond donors (Lipinski definition) is 0. The number of aromatic nitrogens is 9. The van der Waals surface area contributed by atoms with Gasteiger partial charge in [-0.05, 0) is 22.9 Å². The van der Waals surface area contributed by atoms with Crippen LogP contribution in [0.3, 0.4) is 0 Å². The van der Waals surface area contributed by atoms with Gasteiger partial charge in [-0.3, -0.25) is 4.68 Å². The van der Waals surface area contributed by atoms with E-state index in [4.69, 9.17) is 9.26 Å². The summed E-state index contributed by atoms with van der Waals surface area (Å²) in [7, 11) is 1.74. The third-order valence-electron chi connectivity index (χ3n) is 4.99. The molecule has 0 saturated heterocycles. The zero-order valence-corrected chi connectivity index (χ0v) is 17.8. The predicted octanol–water partition coefficient (Wildman–Crippen LogP) is 3.08. The summed E-state index contributed by atoms with van der Waals surface area (Å²) < 4.78 is 38.2. The molecule has 0 spiro atoms. The van der Waals surface area contributed by atoms with Crippen LogP contribution in [0.25, 0.3) is 22.8 Å². The Labute approximate surface area is 191 Å². The van der Waals surface area contributed by atoms with Gasteiger partial charge in [0, 0.05) is 30.4 Å². The number of alkyl halides is 2. The zero-order valence-electron chi connectivity index (χ0n) is 17.8. The van der Waals surface area contributed by atoms with E-state index in [0.717, 1.165) is 17.3 Å². The number of tetrazole rings is 1. The lowest BCUT2D eigenvalue weighted by Crippen LogP contribution is -2.05. The average Bonchev–Trinajstić information content (AvgIpc) is 3.60. The number of hydrogen-bond acceptors (Lipinski definition) is 9. The maximum absolute atomic E-state index is 12.7. The third-order valence-corrected chi connectivity index (χ3v) is 4.99. The molecule has 34 heavy (non-hydrogen) atoms. The molecule has 0 atom stereocenters. The second-order valence-corrected chi connectivity index (χ2v) is 7.24. The molecular formula is C21H17F2N9O2. The average molecular weight is 465 g/mol. The first-order valence-corrected chi connectivity index (χ1v) is 10.1. The molecule has 0 fully saturated rings. The van der Waals surface area contributed by atoms with Gasteiger partial charge in [-0.25, -0.2) is 13.8 Å². The minimum atomic E-state index is -2.59. The Morgan fingerprint density at radius 1 is 1.12 bits per heavy atom. The van der Waals surface area contributed by atoms with Gasteiger partial charge in [-0.15, -0.1) is 10.2 Å². The topological polar surface area (TPSA) is 122 Å². The van der Waals surface area contributed by atoms with Gasteiger partial charge in [0.2, 0.25) is 11.7 Å². The lowest BCUT2D eigenvalue weighted by atomic mass is 10.1. The van der Waals surface area contributed by atoms with E-state index in [0.29, 0.717) is 23.6 Å². The molecule has 4 aromatic heterocycles. The Morgan fingerprint density at radius 3 is 2.79 bits per heavy atom. The molecule has 0 saturated carbocycles. The molecule has 0 N–H and O–H groups in total. The van der Waals surface area contributed by atoms with Gasteiger partial charge >= 0.3 is 0 Å². The minimum Gasteiger partial charge on any atom is -0.471 e. The number of halogens is 2. The first kappa shape index (κ1) is 21.3. The van der Waals surface area contributed by atoms with Crippen LogP contribution in [0.15, 0.2) is 59.6 Å². The first-order valence-electron chi connectivity index (χ1n) is 10.1. The lowest BCUT2D eigenvalue weighted by molar-refractivity contribution is 0.150. The summed E-state index contributed by atoms with van der Waals surface area (Å²) in [6.45, 7) is 0.528. The largest absolute Gasteiger partial charge is 0.471 e. The van der Waals surface area contributed by atoms with Crippen LogP contribution >= 0.6 is 0 Å². The highest BCUT2D eigenvalue weighted by Crippen LogP contribution is 2.26. The van der Waals surface area contributed by atoms with Crippen molar-refractivity contribution < 1.29 is 18.0 Å². The van der Waals surface area contributed by atoms with Crippen molar-refractivity contribution in [3.05, 3.63) is 71.9 Å². The van der Waals surface area contributed by atoms with E-state index in [1.807, 2.05) is 24.3 Å². The fourth-order valence-corrected chi connectivity index (χ4v) is 3.24. The molecular weight excluding hydrogens is 448 g/mol. The maximum Gasteiger partial charge on any atom is 0.265 e. The van der Waals surface area contributed by atoms with Gasteiger partial charge in [0.05, 0.1) is 24.0 Å². The molecule has 0 aliphatic carbocycles. The molecule has 5 aromatic rings. The second-order valence-electron chi connectivity index (χ2n) is 7.24.